The van der Waals surface area contributed by atoms with E-state index in [1.807, 2.05) is 12.1 Å². The molecule has 1 aromatic heterocycles. The fourth-order valence-electron chi connectivity index (χ4n) is 2.60. The summed E-state index contributed by atoms with van der Waals surface area (Å²) in [5.41, 5.74) is 4.18. The molecule has 2 aromatic rings. The van der Waals surface area contributed by atoms with E-state index in [2.05, 4.69) is 27.3 Å². The molecular weight excluding hydrogens is 282 g/mol. The number of benzene rings is 1. The molecule has 0 spiro atoms. The Morgan fingerprint density at radius 3 is 2.43 bits per heavy atom. The zero-order valence-electron chi connectivity index (χ0n) is 11.9. The number of anilines is 2. The minimum Gasteiger partial charge on any atom is -0.372 e. The van der Waals surface area contributed by atoms with Gasteiger partial charge in [-0.3, -0.25) is 4.79 Å². The fraction of sp³-hybridized carbons (Fsp3) is 0.375. The zero-order chi connectivity index (χ0) is 14.5. The van der Waals surface area contributed by atoms with Gasteiger partial charge in [0.15, 0.2) is 0 Å². The van der Waals surface area contributed by atoms with E-state index in [0.29, 0.717) is 5.69 Å². The number of amides is 1. The van der Waals surface area contributed by atoms with Crippen LogP contribution in [0.1, 0.15) is 36.2 Å². The van der Waals surface area contributed by atoms with Gasteiger partial charge in [0.2, 0.25) is 0 Å². The standard InChI is InChI=1S/C16H19N3OS/c20-16(15-11-21-12-17-15)18-13-5-7-14(8-6-13)19-9-3-1-2-4-10-19/h5-8,11-12H,1-4,9-10H2,(H,18,20). The van der Waals surface area contributed by atoms with Crippen molar-refractivity contribution in [2.75, 3.05) is 23.3 Å². The molecule has 110 valence electrons. The first kappa shape index (κ1) is 14.1. The first-order valence-corrected chi connectivity index (χ1v) is 8.32. The maximum absolute atomic E-state index is 11.9. The van der Waals surface area contributed by atoms with Crippen molar-refractivity contribution in [2.24, 2.45) is 0 Å². The zero-order valence-corrected chi connectivity index (χ0v) is 12.7. The van der Waals surface area contributed by atoms with E-state index in [4.69, 9.17) is 0 Å². The van der Waals surface area contributed by atoms with Crippen molar-refractivity contribution in [1.82, 2.24) is 4.98 Å². The van der Waals surface area contributed by atoms with Gasteiger partial charge in [-0.25, -0.2) is 4.98 Å². The summed E-state index contributed by atoms with van der Waals surface area (Å²) in [6.07, 6.45) is 5.20. The van der Waals surface area contributed by atoms with Gasteiger partial charge in [0, 0.05) is 29.8 Å². The number of aromatic nitrogens is 1. The second kappa shape index (κ2) is 6.72. The van der Waals surface area contributed by atoms with Gasteiger partial charge < -0.3 is 10.2 Å². The molecule has 1 amide bonds. The number of hydrogen-bond donors (Lipinski definition) is 1. The lowest BCUT2D eigenvalue weighted by molar-refractivity contribution is 0.102. The van der Waals surface area contributed by atoms with Crippen LogP contribution >= 0.6 is 11.3 Å². The van der Waals surface area contributed by atoms with Crippen LogP contribution in [-0.4, -0.2) is 24.0 Å². The third-order valence-electron chi connectivity index (χ3n) is 3.76. The predicted octanol–water partition coefficient (Wildman–Crippen LogP) is 3.78. The van der Waals surface area contributed by atoms with Crippen LogP contribution in [0.25, 0.3) is 0 Å². The SMILES string of the molecule is O=C(Nc1ccc(N2CCCCCC2)cc1)c1cscn1. The Bertz CT molecular complexity index is 572. The topological polar surface area (TPSA) is 45.2 Å². The van der Waals surface area contributed by atoms with Crippen molar-refractivity contribution in [1.29, 1.82) is 0 Å². The van der Waals surface area contributed by atoms with Gasteiger partial charge in [-0.05, 0) is 37.1 Å². The van der Waals surface area contributed by atoms with Crippen LogP contribution in [0, 0.1) is 0 Å². The molecule has 21 heavy (non-hydrogen) atoms. The Balaban J connectivity index is 1.65. The van der Waals surface area contributed by atoms with Crippen LogP contribution < -0.4 is 10.2 Å². The monoisotopic (exact) mass is 301 g/mol. The Kier molecular flexibility index (Phi) is 4.50. The number of carbonyl (C=O) groups excluding carboxylic acids is 1. The molecule has 4 nitrogen and oxygen atoms in total. The molecular formula is C16H19N3OS. The summed E-state index contributed by atoms with van der Waals surface area (Å²) in [5.74, 6) is -0.154. The Hall–Kier alpha value is -1.88. The molecule has 5 heteroatoms. The number of thiazole rings is 1. The largest absolute Gasteiger partial charge is 0.372 e. The fourth-order valence-corrected chi connectivity index (χ4v) is 3.14. The molecule has 0 atom stereocenters. The van der Waals surface area contributed by atoms with E-state index < -0.39 is 0 Å². The molecule has 0 saturated carbocycles. The maximum Gasteiger partial charge on any atom is 0.275 e. The van der Waals surface area contributed by atoms with Crippen molar-refractivity contribution in [3.05, 3.63) is 40.8 Å². The third-order valence-corrected chi connectivity index (χ3v) is 4.35. The van der Waals surface area contributed by atoms with Crippen molar-refractivity contribution >= 4 is 28.6 Å². The summed E-state index contributed by atoms with van der Waals surface area (Å²) in [7, 11) is 0. The van der Waals surface area contributed by atoms with E-state index in [1.54, 1.807) is 10.9 Å². The average Bonchev–Trinajstić information content (AvgIpc) is 2.91. The van der Waals surface area contributed by atoms with Crippen LogP contribution in [0.15, 0.2) is 35.2 Å². The highest BCUT2D eigenvalue weighted by atomic mass is 32.1. The summed E-state index contributed by atoms with van der Waals surface area (Å²) in [5, 5.41) is 4.62. The highest BCUT2D eigenvalue weighted by Crippen LogP contribution is 2.21. The van der Waals surface area contributed by atoms with Gasteiger partial charge in [0.05, 0.1) is 5.51 Å². The van der Waals surface area contributed by atoms with Crippen LogP contribution in [0.3, 0.4) is 0 Å². The predicted molar refractivity (Wildman–Crippen MR) is 87.2 cm³/mol. The molecule has 1 saturated heterocycles. The first-order chi connectivity index (χ1) is 10.3. The second-order valence-corrected chi connectivity index (χ2v) is 5.99. The molecule has 2 heterocycles. The van der Waals surface area contributed by atoms with Gasteiger partial charge in [-0.1, -0.05) is 12.8 Å². The molecule has 3 rings (SSSR count). The Morgan fingerprint density at radius 2 is 1.81 bits per heavy atom. The lowest BCUT2D eigenvalue weighted by Crippen LogP contribution is -2.23. The molecule has 0 radical (unpaired) electrons. The highest BCUT2D eigenvalue weighted by molar-refractivity contribution is 7.07. The van der Waals surface area contributed by atoms with E-state index in [9.17, 15) is 4.79 Å². The van der Waals surface area contributed by atoms with E-state index in [-0.39, 0.29) is 5.91 Å². The van der Waals surface area contributed by atoms with Gasteiger partial charge >= 0.3 is 0 Å². The normalized spacial score (nSPS) is 15.5. The van der Waals surface area contributed by atoms with Crippen molar-refractivity contribution in [3.8, 4) is 0 Å². The number of carbonyl (C=O) groups is 1. The van der Waals surface area contributed by atoms with Crippen LogP contribution in [0.2, 0.25) is 0 Å². The average molecular weight is 301 g/mol. The van der Waals surface area contributed by atoms with Crippen LogP contribution in [0.5, 0.6) is 0 Å². The Labute approximate surface area is 128 Å². The third kappa shape index (κ3) is 3.61. The van der Waals surface area contributed by atoms with Crippen LogP contribution in [-0.2, 0) is 0 Å². The molecule has 1 N–H and O–H groups in total. The van der Waals surface area contributed by atoms with E-state index >= 15 is 0 Å². The van der Waals surface area contributed by atoms with Gasteiger partial charge in [-0.15, -0.1) is 11.3 Å². The number of rotatable bonds is 3. The molecule has 1 fully saturated rings. The minimum absolute atomic E-state index is 0.154. The molecule has 0 unspecified atom stereocenters. The second-order valence-electron chi connectivity index (χ2n) is 5.28. The minimum atomic E-state index is -0.154. The van der Waals surface area contributed by atoms with Crippen molar-refractivity contribution < 1.29 is 4.79 Å². The Morgan fingerprint density at radius 1 is 1.10 bits per heavy atom. The summed E-state index contributed by atoms with van der Waals surface area (Å²) in [6.45, 7) is 2.26. The maximum atomic E-state index is 11.9. The lowest BCUT2D eigenvalue weighted by atomic mass is 10.2. The van der Waals surface area contributed by atoms with Crippen LogP contribution in [0.4, 0.5) is 11.4 Å². The summed E-state index contributed by atoms with van der Waals surface area (Å²) in [6, 6.07) is 8.10. The van der Waals surface area contributed by atoms with Gasteiger partial charge in [0.25, 0.3) is 5.91 Å². The molecule has 0 bridgehead atoms. The number of nitrogens with one attached hydrogen (secondary N) is 1. The summed E-state index contributed by atoms with van der Waals surface area (Å²) >= 11 is 1.42. The number of nitrogens with zero attached hydrogens (tertiary/aromatic N) is 2. The first-order valence-electron chi connectivity index (χ1n) is 7.37. The van der Waals surface area contributed by atoms with Gasteiger partial charge in [0.1, 0.15) is 5.69 Å². The smallest absolute Gasteiger partial charge is 0.275 e. The molecule has 1 aliphatic heterocycles. The quantitative estimate of drug-likeness (QED) is 0.938. The summed E-state index contributed by atoms with van der Waals surface area (Å²) in [4.78, 5) is 18.4. The lowest BCUT2D eigenvalue weighted by Gasteiger charge is -2.22. The van der Waals surface area contributed by atoms with Gasteiger partial charge in [-0.2, -0.15) is 0 Å². The van der Waals surface area contributed by atoms with Crippen molar-refractivity contribution in [2.45, 2.75) is 25.7 Å². The van der Waals surface area contributed by atoms with E-state index in [1.165, 1.54) is 42.7 Å². The highest BCUT2D eigenvalue weighted by Gasteiger charge is 2.11. The molecule has 1 aromatic carbocycles. The van der Waals surface area contributed by atoms with Crippen molar-refractivity contribution in [3.63, 3.8) is 0 Å². The number of hydrogen-bond acceptors (Lipinski definition) is 4. The summed E-state index contributed by atoms with van der Waals surface area (Å²) < 4.78 is 0. The molecule has 0 aliphatic carbocycles. The van der Waals surface area contributed by atoms with E-state index in [0.717, 1.165) is 18.8 Å². The molecule has 1 aliphatic rings.